The van der Waals surface area contributed by atoms with E-state index in [9.17, 15) is 28.8 Å². The van der Waals surface area contributed by atoms with Gasteiger partial charge in [-0.3, -0.25) is 23.9 Å². The molecule has 46 heavy (non-hydrogen) atoms. The summed E-state index contributed by atoms with van der Waals surface area (Å²) < 4.78 is 8.40. The van der Waals surface area contributed by atoms with Gasteiger partial charge in [0, 0.05) is 25.0 Å². The van der Waals surface area contributed by atoms with Gasteiger partial charge < -0.3 is 25.6 Å². The SMILES string of the molecule is C=CCNC(=O)C(=O)SNC(=O)[C@@H]1[C@@H](CC(C)C)CCN1C(=O)[C@@H](NC(=O)N[C@H](C(=O)OC(C1CC1)C1CC1)C(C)C)C(C)(C)C. The standard InChI is InChI=1S/C33H53N5O7S/c1-9-15-34-28(40)31(43)46-37-27(39)24-22(17-18(2)3)14-16-38(24)29(41)26(33(6,7)8)36-32(44)35-23(19(4)5)30(42)45-25(20-10-11-20)21-12-13-21/h9,18-26H,1,10-17H2,2-8H3,(H,34,40)(H,37,39)(H2,35,36,44)/t22-,23+,24+,26-/m1/s1. The van der Waals surface area contributed by atoms with Gasteiger partial charge in [0.1, 0.15) is 24.2 Å². The molecule has 2 aliphatic carbocycles. The molecule has 1 aliphatic heterocycles. The lowest BCUT2D eigenvalue weighted by atomic mass is 9.85. The van der Waals surface area contributed by atoms with E-state index in [1.807, 2.05) is 48.5 Å². The lowest BCUT2D eigenvalue weighted by Gasteiger charge is -2.36. The highest BCUT2D eigenvalue weighted by Crippen LogP contribution is 2.46. The molecule has 0 aromatic heterocycles. The van der Waals surface area contributed by atoms with Crippen molar-refractivity contribution in [3.63, 3.8) is 0 Å². The van der Waals surface area contributed by atoms with E-state index in [4.69, 9.17) is 4.74 Å². The lowest BCUT2D eigenvalue weighted by Crippen LogP contribution is -2.61. The monoisotopic (exact) mass is 663 g/mol. The fraction of sp³-hybridized carbons (Fsp3) is 0.758. The molecule has 0 spiro atoms. The Hall–Kier alpha value is -3.09. The van der Waals surface area contributed by atoms with Crippen molar-refractivity contribution in [3.05, 3.63) is 12.7 Å². The van der Waals surface area contributed by atoms with Crippen molar-refractivity contribution in [2.75, 3.05) is 13.1 Å². The first-order chi connectivity index (χ1) is 21.5. The molecule has 2 saturated carbocycles. The smallest absolute Gasteiger partial charge is 0.329 e. The van der Waals surface area contributed by atoms with Gasteiger partial charge in [-0.2, -0.15) is 0 Å². The van der Waals surface area contributed by atoms with Gasteiger partial charge in [0.2, 0.25) is 5.91 Å². The number of nitrogens with one attached hydrogen (secondary N) is 4. The van der Waals surface area contributed by atoms with E-state index in [-0.39, 0.29) is 36.9 Å². The summed E-state index contributed by atoms with van der Waals surface area (Å²) in [6, 6.07) is -3.51. The summed E-state index contributed by atoms with van der Waals surface area (Å²) in [6.45, 7) is 17.0. The van der Waals surface area contributed by atoms with Gasteiger partial charge in [0.25, 0.3) is 11.0 Å². The Kier molecular flexibility index (Phi) is 13.1. The zero-order valence-electron chi connectivity index (χ0n) is 28.4. The van der Waals surface area contributed by atoms with E-state index in [1.165, 1.54) is 11.0 Å². The molecule has 4 N–H and O–H groups in total. The van der Waals surface area contributed by atoms with Crippen LogP contribution in [-0.4, -0.2) is 77.1 Å². The van der Waals surface area contributed by atoms with Crippen LogP contribution < -0.4 is 20.7 Å². The Bertz CT molecular complexity index is 1150. The van der Waals surface area contributed by atoms with Crippen molar-refractivity contribution >= 4 is 46.8 Å². The summed E-state index contributed by atoms with van der Waals surface area (Å²) in [4.78, 5) is 80.0. The number of carbonyl (C=O) groups is 6. The van der Waals surface area contributed by atoms with Crippen LogP contribution in [-0.2, 0) is 28.7 Å². The van der Waals surface area contributed by atoms with Gasteiger partial charge in [0.15, 0.2) is 0 Å². The minimum Gasteiger partial charge on any atom is -0.460 e. The Morgan fingerprint density at radius 1 is 0.957 bits per heavy atom. The van der Waals surface area contributed by atoms with E-state index >= 15 is 0 Å². The molecule has 13 heteroatoms. The first-order valence-electron chi connectivity index (χ1n) is 16.5. The minimum atomic E-state index is -1.03. The van der Waals surface area contributed by atoms with Crippen molar-refractivity contribution in [2.45, 2.75) is 111 Å². The van der Waals surface area contributed by atoms with E-state index in [0.29, 0.717) is 36.6 Å². The minimum absolute atomic E-state index is 0.102. The number of ether oxygens (including phenoxy) is 1. The van der Waals surface area contributed by atoms with Crippen LogP contribution in [0.15, 0.2) is 12.7 Å². The zero-order valence-corrected chi connectivity index (χ0v) is 29.2. The van der Waals surface area contributed by atoms with Crippen LogP contribution in [0.5, 0.6) is 0 Å². The summed E-state index contributed by atoms with van der Waals surface area (Å²) in [5.74, 6) is -1.74. The molecule has 1 saturated heterocycles. The fourth-order valence-electron chi connectivity index (χ4n) is 6.01. The van der Waals surface area contributed by atoms with E-state index < -0.39 is 58.4 Å². The van der Waals surface area contributed by atoms with E-state index in [0.717, 1.165) is 25.7 Å². The highest BCUT2D eigenvalue weighted by molar-refractivity contribution is 8.14. The summed E-state index contributed by atoms with van der Waals surface area (Å²) in [5, 5.41) is 7.03. The average Bonchev–Trinajstić information content (AvgIpc) is 3.91. The predicted octanol–water partition coefficient (Wildman–Crippen LogP) is 3.31. The Morgan fingerprint density at radius 2 is 1.57 bits per heavy atom. The number of esters is 1. The third kappa shape index (κ3) is 10.5. The van der Waals surface area contributed by atoms with Crippen LogP contribution in [0.1, 0.15) is 87.0 Å². The van der Waals surface area contributed by atoms with Crippen LogP contribution in [0.3, 0.4) is 0 Å². The van der Waals surface area contributed by atoms with Gasteiger partial charge in [-0.25, -0.2) is 9.59 Å². The van der Waals surface area contributed by atoms with Crippen LogP contribution >= 0.6 is 11.9 Å². The van der Waals surface area contributed by atoms with Crippen LogP contribution in [0.2, 0.25) is 0 Å². The highest BCUT2D eigenvalue weighted by atomic mass is 32.2. The molecule has 3 aliphatic rings. The molecule has 0 aromatic rings. The van der Waals surface area contributed by atoms with Gasteiger partial charge >= 0.3 is 17.9 Å². The largest absolute Gasteiger partial charge is 0.460 e. The number of hydrogen-bond donors (Lipinski definition) is 4. The average molecular weight is 664 g/mol. The Balaban J connectivity index is 1.72. The van der Waals surface area contributed by atoms with Crippen LogP contribution in [0, 0.1) is 35.0 Å². The van der Waals surface area contributed by atoms with Gasteiger partial charge in [-0.15, -0.1) is 6.58 Å². The molecule has 1 heterocycles. The quantitative estimate of drug-likeness (QED) is 0.101. The topological polar surface area (TPSA) is 163 Å². The second kappa shape index (κ2) is 16.1. The number of carbonyl (C=O) groups excluding carboxylic acids is 6. The number of amides is 5. The van der Waals surface area contributed by atoms with Gasteiger partial charge in [0.05, 0.1) is 0 Å². The zero-order chi connectivity index (χ0) is 34.3. The van der Waals surface area contributed by atoms with Gasteiger partial charge in [-0.05, 0) is 73.5 Å². The second-order valence-electron chi connectivity index (χ2n) is 14.7. The third-order valence-corrected chi connectivity index (χ3v) is 9.38. The maximum Gasteiger partial charge on any atom is 0.329 e. The number of hydrogen-bond acceptors (Lipinski definition) is 8. The summed E-state index contributed by atoms with van der Waals surface area (Å²) in [5.41, 5.74) is -0.754. The number of rotatable bonds is 13. The molecular formula is C33H53N5O7S. The normalized spacial score (nSPS) is 21.0. The molecule has 0 bridgehead atoms. The van der Waals surface area contributed by atoms with Crippen molar-refractivity contribution in [2.24, 2.45) is 35.0 Å². The first-order valence-corrected chi connectivity index (χ1v) is 17.3. The number of urea groups is 1. The van der Waals surface area contributed by atoms with Crippen LogP contribution in [0.4, 0.5) is 4.79 Å². The fourth-order valence-corrected chi connectivity index (χ4v) is 6.49. The predicted molar refractivity (Wildman–Crippen MR) is 176 cm³/mol. The van der Waals surface area contributed by atoms with E-state index in [2.05, 4.69) is 27.3 Å². The third-order valence-electron chi connectivity index (χ3n) is 8.71. The lowest BCUT2D eigenvalue weighted by molar-refractivity contribution is -0.155. The molecule has 0 radical (unpaired) electrons. The summed E-state index contributed by atoms with van der Waals surface area (Å²) in [6.07, 6.45) is 6.77. The molecule has 3 rings (SSSR count). The maximum absolute atomic E-state index is 14.2. The highest BCUT2D eigenvalue weighted by Gasteiger charge is 2.47. The second-order valence-corrected chi connectivity index (χ2v) is 15.5. The first kappa shape index (κ1) is 37.4. The molecular weight excluding hydrogens is 610 g/mol. The molecule has 5 amide bonds. The van der Waals surface area contributed by atoms with Crippen molar-refractivity contribution in [1.82, 2.24) is 25.6 Å². The molecule has 258 valence electrons. The molecule has 4 atom stereocenters. The summed E-state index contributed by atoms with van der Waals surface area (Å²) in [7, 11) is 0. The van der Waals surface area contributed by atoms with Gasteiger partial charge in [-0.1, -0.05) is 54.5 Å². The van der Waals surface area contributed by atoms with E-state index in [1.54, 1.807) is 0 Å². The molecule has 12 nitrogen and oxygen atoms in total. The Labute approximate surface area is 277 Å². The van der Waals surface area contributed by atoms with Crippen molar-refractivity contribution in [3.8, 4) is 0 Å². The Morgan fingerprint density at radius 3 is 2.07 bits per heavy atom. The number of nitrogens with zero attached hydrogens (tertiary/aromatic N) is 1. The molecule has 0 aromatic carbocycles. The summed E-state index contributed by atoms with van der Waals surface area (Å²) >= 11 is 0.370. The number of likely N-dealkylation sites (tertiary alicyclic amines) is 1. The molecule has 3 fully saturated rings. The van der Waals surface area contributed by atoms with Crippen LogP contribution in [0.25, 0.3) is 0 Å². The maximum atomic E-state index is 14.2. The molecule has 0 unspecified atom stereocenters. The van der Waals surface area contributed by atoms with Crippen molar-refractivity contribution < 1.29 is 33.5 Å². The van der Waals surface area contributed by atoms with Crippen molar-refractivity contribution in [1.29, 1.82) is 0 Å².